The van der Waals surface area contributed by atoms with Crippen LogP contribution in [0.1, 0.15) is 26.7 Å². The van der Waals surface area contributed by atoms with Crippen LogP contribution in [0.5, 0.6) is 0 Å². The average Bonchev–Trinajstić information content (AvgIpc) is 2.70. The predicted octanol–water partition coefficient (Wildman–Crippen LogP) is 1.43. The van der Waals surface area contributed by atoms with Crippen molar-refractivity contribution in [1.82, 2.24) is 5.32 Å². The van der Waals surface area contributed by atoms with E-state index < -0.39 is 0 Å². The van der Waals surface area contributed by atoms with Gasteiger partial charge in [-0.1, -0.05) is 6.92 Å². The second kappa shape index (κ2) is 7.21. The Labute approximate surface area is 87.2 Å². The van der Waals surface area contributed by atoms with Gasteiger partial charge in [-0.15, -0.1) is 0 Å². The SMILES string of the molecule is CCNC(CCOCC)C1CCOC1. The smallest absolute Gasteiger partial charge is 0.0510 e. The predicted molar refractivity (Wildman–Crippen MR) is 57.5 cm³/mol. The van der Waals surface area contributed by atoms with Crippen molar-refractivity contribution in [2.75, 3.05) is 33.0 Å². The van der Waals surface area contributed by atoms with Gasteiger partial charge >= 0.3 is 0 Å². The molecule has 1 aliphatic rings. The molecule has 0 aliphatic carbocycles. The molecule has 0 amide bonds. The highest BCUT2D eigenvalue weighted by atomic mass is 16.5. The van der Waals surface area contributed by atoms with Gasteiger partial charge in [-0.05, 0) is 32.2 Å². The molecule has 0 saturated carbocycles. The molecule has 1 saturated heterocycles. The molecule has 0 aromatic heterocycles. The summed E-state index contributed by atoms with van der Waals surface area (Å²) in [6, 6.07) is 0.578. The minimum atomic E-state index is 0.578. The summed E-state index contributed by atoms with van der Waals surface area (Å²) in [6.45, 7) is 8.77. The van der Waals surface area contributed by atoms with E-state index in [1.54, 1.807) is 0 Å². The normalized spacial score (nSPS) is 24.0. The quantitative estimate of drug-likeness (QED) is 0.632. The molecule has 2 unspecified atom stereocenters. The molecular formula is C11H23NO2. The summed E-state index contributed by atoms with van der Waals surface area (Å²) in [7, 11) is 0. The number of rotatable bonds is 7. The topological polar surface area (TPSA) is 30.5 Å². The molecule has 0 aromatic rings. The van der Waals surface area contributed by atoms with Crippen LogP contribution in [0.25, 0.3) is 0 Å². The lowest BCUT2D eigenvalue weighted by Gasteiger charge is -2.22. The molecule has 0 spiro atoms. The zero-order chi connectivity index (χ0) is 10.2. The third-order valence-corrected chi connectivity index (χ3v) is 2.78. The van der Waals surface area contributed by atoms with Crippen LogP contribution >= 0.6 is 0 Å². The van der Waals surface area contributed by atoms with Gasteiger partial charge < -0.3 is 14.8 Å². The molecule has 3 heteroatoms. The van der Waals surface area contributed by atoms with Gasteiger partial charge in [0.25, 0.3) is 0 Å². The zero-order valence-electron chi connectivity index (χ0n) is 9.42. The van der Waals surface area contributed by atoms with Crippen molar-refractivity contribution in [3.05, 3.63) is 0 Å². The average molecular weight is 201 g/mol. The summed E-state index contributed by atoms with van der Waals surface area (Å²) < 4.78 is 10.8. The Morgan fingerprint density at radius 3 is 2.93 bits per heavy atom. The summed E-state index contributed by atoms with van der Waals surface area (Å²) in [5, 5.41) is 3.52. The fraction of sp³-hybridized carbons (Fsp3) is 1.00. The Morgan fingerprint density at radius 2 is 2.36 bits per heavy atom. The molecular weight excluding hydrogens is 178 g/mol. The second-order valence-corrected chi connectivity index (χ2v) is 3.77. The molecule has 1 rings (SSSR count). The van der Waals surface area contributed by atoms with E-state index in [1.165, 1.54) is 6.42 Å². The van der Waals surface area contributed by atoms with Crippen molar-refractivity contribution < 1.29 is 9.47 Å². The van der Waals surface area contributed by atoms with Crippen LogP contribution in [0.3, 0.4) is 0 Å². The van der Waals surface area contributed by atoms with Crippen molar-refractivity contribution in [3.63, 3.8) is 0 Å². The molecule has 2 atom stereocenters. The van der Waals surface area contributed by atoms with E-state index >= 15 is 0 Å². The van der Waals surface area contributed by atoms with Gasteiger partial charge in [-0.3, -0.25) is 0 Å². The maximum absolute atomic E-state index is 5.41. The van der Waals surface area contributed by atoms with E-state index in [-0.39, 0.29) is 0 Å². The third kappa shape index (κ3) is 3.95. The maximum atomic E-state index is 5.41. The van der Waals surface area contributed by atoms with Gasteiger partial charge in [0.2, 0.25) is 0 Å². The lowest BCUT2D eigenvalue weighted by Crippen LogP contribution is -2.37. The first-order valence-corrected chi connectivity index (χ1v) is 5.77. The first-order chi connectivity index (χ1) is 6.88. The lowest BCUT2D eigenvalue weighted by atomic mass is 9.96. The molecule has 0 radical (unpaired) electrons. The van der Waals surface area contributed by atoms with Crippen LogP contribution in [-0.2, 0) is 9.47 Å². The van der Waals surface area contributed by atoms with Crippen LogP contribution in [0.4, 0.5) is 0 Å². The van der Waals surface area contributed by atoms with E-state index in [4.69, 9.17) is 9.47 Å². The van der Waals surface area contributed by atoms with Gasteiger partial charge in [-0.25, -0.2) is 0 Å². The van der Waals surface area contributed by atoms with Crippen molar-refractivity contribution in [2.45, 2.75) is 32.7 Å². The van der Waals surface area contributed by atoms with Crippen LogP contribution in [-0.4, -0.2) is 39.0 Å². The van der Waals surface area contributed by atoms with Crippen LogP contribution in [0, 0.1) is 5.92 Å². The van der Waals surface area contributed by atoms with Gasteiger partial charge in [-0.2, -0.15) is 0 Å². The molecule has 0 bridgehead atoms. The van der Waals surface area contributed by atoms with Crippen molar-refractivity contribution in [1.29, 1.82) is 0 Å². The van der Waals surface area contributed by atoms with Crippen molar-refractivity contribution >= 4 is 0 Å². The fourth-order valence-corrected chi connectivity index (χ4v) is 1.99. The minimum absolute atomic E-state index is 0.578. The van der Waals surface area contributed by atoms with Crippen LogP contribution in [0.2, 0.25) is 0 Å². The van der Waals surface area contributed by atoms with E-state index in [2.05, 4.69) is 12.2 Å². The Morgan fingerprint density at radius 1 is 1.50 bits per heavy atom. The first-order valence-electron chi connectivity index (χ1n) is 5.77. The summed E-state index contributed by atoms with van der Waals surface area (Å²) >= 11 is 0. The number of hydrogen-bond acceptors (Lipinski definition) is 3. The summed E-state index contributed by atoms with van der Waals surface area (Å²) in [5.74, 6) is 0.690. The van der Waals surface area contributed by atoms with Crippen LogP contribution in [0.15, 0.2) is 0 Å². The summed E-state index contributed by atoms with van der Waals surface area (Å²) in [5.41, 5.74) is 0. The molecule has 3 nitrogen and oxygen atoms in total. The zero-order valence-corrected chi connectivity index (χ0v) is 9.42. The summed E-state index contributed by atoms with van der Waals surface area (Å²) in [6.07, 6.45) is 2.31. The highest BCUT2D eigenvalue weighted by Gasteiger charge is 2.24. The monoisotopic (exact) mass is 201 g/mol. The van der Waals surface area contributed by atoms with E-state index in [1.807, 2.05) is 6.92 Å². The van der Waals surface area contributed by atoms with E-state index in [0.717, 1.165) is 39.4 Å². The Hall–Kier alpha value is -0.120. The molecule has 1 N–H and O–H groups in total. The third-order valence-electron chi connectivity index (χ3n) is 2.78. The Bertz CT molecular complexity index is 135. The minimum Gasteiger partial charge on any atom is -0.382 e. The molecule has 84 valence electrons. The highest BCUT2D eigenvalue weighted by Crippen LogP contribution is 2.18. The Kier molecular flexibility index (Phi) is 6.15. The second-order valence-electron chi connectivity index (χ2n) is 3.77. The summed E-state index contributed by atoms with van der Waals surface area (Å²) in [4.78, 5) is 0. The first kappa shape index (κ1) is 12.0. The van der Waals surface area contributed by atoms with Gasteiger partial charge in [0.05, 0.1) is 6.61 Å². The molecule has 1 fully saturated rings. The van der Waals surface area contributed by atoms with E-state index in [0.29, 0.717) is 12.0 Å². The molecule has 14 heavy (non-hydrogen) atoms. The van der Waals surface area contributed by atoms with Crippen LogP contribution < -0.4 is 5.32 Å². The standard InChI is InChI=1S/C11H23NO2/c1-3-12-11(6-8-13-4-2)10-5-7-14-9-10/h10-12H,3-9H2,1-2H3. The number of hydrogen-bond donors (Lipinski definition) is 1. The molecule has 1 heterocycles. The maximum Gasteiger partial charge on any atom is 0.0510 e. The van der Waals surface area contributed by atoms with Gasteiger partial charge in [0.1, 0.15) is 0 Å². The largest absolute Gasteiger partial charge is 0.382 e. The Balaban J connectivity index is 2.22. The van der Waals surface area contributed by atoms with Gasteiger partial charge in [0.15, 0.2) is 0 Å². The molecule has 1 aliphatic heterocycles. The number of ether oxygens (including phenoxy) is 2. The number of nitrogens with one attached hydrogen (secondary N) is 1. The lowest BCUT2D eigenvalue weighted by molar-refractivity contribution is 0.123. The molecule has 0 aromatic carbocycles. The van der Waals surface area contributed by atoms with Crippen molar-refractivity contribution in [3.8, 4) is 0 Å². The van der Waals surface area contributed by atoms with Gasteiger partial charge in [0, 0.05) is 25.9 Å². The van der Waals surface area contributed by atoms with E-state index in [9.17, 15) is 0 Å². The van der Waals surface area contributed by atoms with Crippen molar-refractivity contribution in [2.24, 2.45) is 5.92 Å². The fourth-order valence-electron chi connectivity index (χ4n) is 1.99. The highest BCUT2D eigenvalue weighted by molar-refractivity contribution is 4.78.